The van der Waals surface area contributed by atoms with E-state index in [1.54, 1.807) is 25.1 Å². The summed E-state index contributed by atoms with van der Waals surface area (Å²) in [6.07, 6.45) is 2.82. The Kier molecular flexibility index (Phi) is 4.09. The van der Waals surface area contributed by atoms with Crippen LogP contribution in [0.4, 0.5) is 5.00 Å². The van der Waals surface area contributed by atoms with Gasteiger partial charge in [0.05, 0.1) is 12.2 Å². The standard InChI is InChI=1S/C18H17NO5S/c1-2-22-18(21)15-11-4-3-5-14(11)25-17(15)19-16(20)10-6-7-12-13(8-10)24-9-23-12/h6-8H,2-5,9H2,1H3,(H,19,20). The first-order valence-electron chi connectivity index (χ1n) is 8.20. The van der Waals surface area contributed by atoms with Crippen LogP contribution in [0, 0.1) is 0 Å². The van der Waals surface area contributed by atoms with Gasteiger partial charge in [0.15, 0.2) is 11.5 Å². The van der Waals surface area contributed by atoms with Crippen LogP contribution < -0.4 is 14.8 Å². The van der Waals surface area contributed by atoms with Gasteiger partial charge in [-0.15, -0.1) is 11.3 Å². The quantitative estimate of drug-likeness (QED) is 0.847. The number of thiophene rings is 1. The summed E-state index contributed by atoms with van der Waals surface area (Å²) in [5.74, 6) is 0.512. The number of anilines is 1. The molecule has 0 atom stereocenters. The molecule has 25 heavy (non-hydrogen) atoms. The van der Waals surface area contributed by atoms with Gasteiger partial charge in [-0.2, -0.15) is 0 Å². The topological polar surface area (TPSA) is 73.9 Å². The number of aryl methyl sites for hydroxylation is 1. The summed E-state index contributed by atoms with van der Waals surface area (Å²) < 4.78 is 15.7. The lowest BCUT2D eigenvalue weighted by Gasteiger charge is -2.08. The molecule has 0 radical (unpaired) electrons. The zero-order valence-electron chi connectivity index (χ0n) is 13.7. The third-order valence-corrected chi connectivity index (χ3v) is 5.47. The predicted octanol–water partition coefficient (Wildman–Crippen LogP) is 3.39. The lowest BCUT2D eigenvalue weighted by Crippen LogP contribution is -2.15. The van der Waals surface area contributed by atoms with Gasteiger partial charge in [0, 0.05) is 10.4 Å². The lowest BCUT2D eigenvalue weighted by atomic mass is 10.1. The molecule has 0 saturated carbocycles. The zero-order valence-corrected chi connectivity index (χ0v) is 14.5. The van der Waals surface area contributed by atoms with Gasteiger partial charge in [0.2, 0.25) is 6.79 Å². The van der Waals surface area contributed by atoms with E-state index in [2.05, 4.69) is 5.32 Å². The Morgan fingerprint density at radius 3 is 2.92 bits per heavy atom. The van der Waals surface area contributed by atoms with Crippen molar-refractivity contribution in [2.24, 2.45) is 0 Å². The van der Waals surface area contributed by atoms with Crippen LogP contribution in [0.2, 0.25) is 0 Å². The highest BCUT2D eigenvalue weighted by atomic mass is 32.1. The highest BCUT2D eigenvalue weighted by molar-refractivity contribution is 7.17. The summed E-state index contributed by atoms with van der Waals surface area (Å²) in [7, 11) is 0. The van der Waals surface area contributed by atoms with Crippen LogP contribution in [0.5, 0.6) is 11.5 Å². The van der Waals surface area contributed by atoms with Crippen molar-refractivity contribution in [2.75, 3.05) is 18.7 Å². The number of nitrogens with one attached hydrogen (secondary N) is 1. The molecule has 1 N–H and O–H groups in total. The fourth-order valence-corrected chi connectivity index (χ4v) is 4.40. The second-order valence-electron chi connectivity index (χ2n) is 5.80. The van der Waals surface area contributed by atoms with Crippen molar-refractivity contribution in [1.29, 1.82) is 0 Å². The van der Waals surface area contributed by atoms with Crippen molar-refractivity contribution in [3.8, 4) is 11.5 Å². The second kappa shape index (κ2) is 6.40. The van der Waals surface area contributed by atoms with Crippen molar-refractivity contribution in [3.63, 3.8) is 0 Å². The summed E-state index contributed by atoms with van der Waals surface area (Å²) >= 11 is 1.46. The molecule has 2 aliphatic rings. The molecule has 2 aromatic rings. The molecule has 1 aromatic heterocycles. The number of carbonyl (C=O) groups excluding carboxylic acids is 2. The third kappa shape index (κ3) is 2.84. The third-order valence-electron chi connectivity index (χ3n) is 4.26. The normalized spacial score (nSPS) is 14.3. The SMILES string of the molecule is CCOC(=O)c1c(NC(=O)c2ccc3c(c2)OCO3)sc2c1CCC2. The number of hydrogen-bond acceptors (Lipinski definition) is 6. The minimum atomic E-state index is -0.372. The first-order chi connectivity index (χ1) is 12.2. The molecule has 1 aliphatic heterocycles. The summed E-state index contributed by atoms with van der Waals surface area (Å²) in [6.45, 7) is 2.24. The molecule has 0 fully saturated rings. The molecule has 0 saturated heterocycles. The maximum Gasteiger partial charge on any atom is 0.341 e. The molecule has 6 nitrogen and oxygen atoms in total. The smallest absolute Gasteiger partial charge is 0.341 e. The minimum absolute atomic E-state index is 0.158. The Hall–Kier alpha value is -2.54. The molecule has 0 unspecified atom stereocenters. The van der Waals surface area contributed by atoms with Gasteiger partial charge in [0.25, 0.3) is 5.91 Å². The van der Waals surface area contributed by atoms with E-state index in [9.17, 15) is 9.59 Å². The van der Waals surface area contributed by atoms with E-state index in [4.69, 9.17) is 14.2 Å². The minimum Gasteiger partial charge on any atom is -0.462 e. The predicted molar refractivity (Wildman–Crippen MR) is 92.8 cm³/mol. The van der Waals surface area contributed by atoms with Gasteiger partial charge in [-0.3, -0.25) is 4.79 Å². The fourth-order valence-electron chi connectivity index (χ4n) is 3.12. The van der Waals surface area contributed by atoms with Crippen LogP contribution in [0.3, 0.4) is 0 Å². The summed E-state index contributed by atoms with van der Waals surface area (Å²) in [4.78, 5) is 26.1. The van der Waals surface area contributed by atoms with E-state index in [1.807, 2.05) is 0 Å². The number of esters is 1. The largest absolute Gasteiger partial charge is 0.462 e. The number of fused-ring (bicyclic) bond motifs is 2. The fraction of sp³-hybridized carbons (Fsp3) is 0.333. The molecule has 1 aromatic carbocycles. The average molecular weight is 359 g/mol. The van der Waals surface area contributed by atoms with Crippen LogP contribution in [0.25, 0.3) is 0 Å². The van der Waals surface area contributed by atoms with Crippen molar-refractivity contribution in [2.45, 2.75) is 26.2 Å². The summed E-state index contributed by atoms with van der Waals surface area (Å²) in [5, 5.41) is 3.43. The summed E-state index contributed by atoms with van der Waals surface area (Å²) in [5.41, 5.74) is 1.98. The lowest BCUT2D eigenvalue weighted by molar-refractivity contribution is 0.0527. The molecule has 130 valence electrons. The van der Waals surface area contributed by atoms with Crippen LogP contribution in [0.1, 0.15) is 44.5 Å². The van der Waals surface area contributed by atoms with Crippen molar-refractivity contribution in [1.82, 2.24) is 0 Å². The van der Waals surface area contributed by atoms with E-state index in [0.29, 0.717) is 34.2 Å². The second-order valence-corrected chi connectivity index (χ2v) is 6.91. The van der Waals surface area contributed by atoms with E-state index >= 15 is 0 Å². The number of carbonyl (C=O) groups is 2. The first-order valence-corrected chi connectivity index (χ1v) is 9.01. The molecular formula is C18H17NO5S. The van der Waals surface area contributed by atoms with Gasteiger partial charge >= 0.3 is 5.97 Å². The maximum absolute atomic E-state index is 12.6. The highest BCUT2D eigenvalue weighted by Gasteiger charge is 2.28. The van der Waals surface area contributed by atoms with Crippen molar-refractivity contribution < 1.29 is 23.8 Å². The Balaban J connectivity index is 1.62. The van der Waals surface area contributed by atoms with Gasteiger partial charge in [-0.25, -0.2) is 4.79 Å². The Morgan fingerprint density at radius 1 is 1.24 bits per heavy atom. The molecule has 2 heterocycles. The maximum atomic E-state index is 12.6. The molecular weight excluding hydrogens is 342 g/mol. The zero-order chi connectivity index (χ0) is 17.4. The molecule has 0 bridgehead atoms. The van der Waals surface area contributed by atoms with Gasteiger partial charge in [-0.05, 0) is 49.9 Å². The van der Waals surface area contributed by atoms with E-state index in [0.717, 1.165) is 29.7 Å². The number of rotatable bonds is 4. The van der Waals surface area contributed by atoms with Gasteiger partial charge < -0.3 is 19.5 Å². The monoisotopic (exact) mass is 359 g/mol. The highest BCUT2D eigenvalue weighted by Crippen LogP contribution is 2.40. The van der Waals surface area contributed by atoms with Crippen LogP contribution in [-0.2, 0) is 17.6 Å². The van der Waals surface area contributed by atoms with Crippen LogP contribution >= 0.6 is 11.3 Å². The number of ether oxygens (including phenoxy) is 3. The molecule has 4 rings (SSSR count). The van der Waals surface area contributed by atoms with Crippen LogP contribution in [0.15, 0.2) is 18.2 Å². The molecule has 1 amide bonds. The Bertz CT molecular complexity index is 857. The number of amides is 1. The molecule has 1 aliphatic carbocycles. The number of benzene rings is 1. The Labute approximate surface area is 148 Å². The molecule has 7 heteroatoms. The van der Waals surface area contributed by atoms with Crippen molar-refractivity contribution >= 4 is 28.2 Å². The van der Waals surface area contributed by atoms with Crippen molar-refractivity contribution in [3.05, 3.63) is 39.8 Å². The molecule has 0 spiro atoms. The first kappa shape index (κ1) is 16.0. The van der Waals surface area contributed by atoms with Gasteiger partial charge in [-0.1, -0.05) is 0 Å². The summed E-state index contributed by atoms with van der Waals surface area (Å²) in [6, 6.07) is 5.02. The van der Waals surface area contributed by atoms with E-state index in [1.165, 1.54) is 11.3 Å². The van der Waals surface area contributed by atoms with Crippen LogP contribution in [-0.4, -0.2) is 25.3 Å². The Morgan fingerprint density at radius 2 is 2.08 bits per heavy atom. The van der Waals surface area contributed by atoms with Gasteiger partial charge in [0.1, 0.15) is 5.00 Å². The van der Waals surface area contributed by atoms with E-state index < -0.39 is 0 Å². The number of hydrogen-bond donors (Lipinski definition) is 1. The average Bonchev–Trinajstić information content (AvgIpc) is 3.29. The van der Waals surface area contributed by atoms with E-state index in [-0.39, 0.29) is 18.7 Å².